The molecule has 0 spiro atoms. The van der Waals surface area contributed by atoms with Crippen LogP contribution in [0.5, 0.6) is 5.75 Å². The van der Waals surface area contributed by atoms with E-state index in [1.807, 2.05) is 43.7 Å². The standard InChI is InChI=1S/C31H30F2N6O2/c1-5-41-29-13-28(37-16-23(29)14-34)19(3)39-8-6-24-26(25-12-22(30(32)33)15-36-18(25)2)10-21(11-27(24)31(39)40)17-38-9-7-35-20(38)4/h7,9-13,15-16,19,30H,5-6,8,17H2,1-4H3. The van der Waals surface area contributed by atoms with E-state index in [-0.39, 0.29) is 11.5 Å². The normalized spacial score (nSPS) is 13.7. The third-order valence-electron chi connectivity index (χ3n) is 7.53. The Kier molecular flexibility index (Phi) is 7.79. The number of aromatic nitrogens is 4. The maximum absolute atomic E-state index is 14.1. The smallest absolute Gasteiger partial charge is 0.265 e. The van der Waals surface area contributed by atoms with Crippen molar-refractivity contribution in [2.75, 3.05) is 13.2 Å². The van der Waals surface area contributed by atoms with Gasteiger partial charge in [-0.2, -0.15) is 5.26 Å². The summed E-state index contributed by atoms with van der Waals surface area (Å²) in [5.74, 6) is 1.07. The van der Waals surface area contributed by atoms with Gasteiger partial charge in [-0.15, -0.1) is 0 Å². The minimum Gasteiger partial charge on any atom is -0.492 e. The Balaban J connectivity index is 1.59. The zero-order valence-corrected chi connectivity index (χ0v) is 23.4. The minimum absolute atomic E-state index is 0.162. The molecule has 1 atom stereocenters. The molecule has 1 unspecified atom stereocenters. The Labute approximate surface area is 237 Å². The van der Waals surface area contributed by atoms with Crippen molar-refractivity contribution < 1.29 is 18.3 Å². The summed E-state index contributed by atoms with van der Waals surface area (Å²) in [5.41, 5.74) is 4.89. The molecule has 3 aromatic heterocycles. The molecule has 0 saturated carbocycles. The Bertz CT molecular complexity index is 1660. The molecule has 0 radical (unpaired) electrons. The lowest BCUT2D eigenvalue weighted by Gasteiger charge is -2.35. The molecule has 5 rings (SSSR count). The number of benzene rings is 1. The number of imidazole rings is 1. The first kappa shape index (κ1) is 27.9. The Hall–Kier alpha value is -4.65. The average molecular weight is 557 g/mol. The van der Waals surface area contributed by atoms with Crippen LogP contribution >= 0.6 is 0 Å². The van der Waals surface area contributed by atoms with Gasteiger partial charge >= 0.3 is 0 Å². The Morgan fingerprint density at radius 3 is 2.54 bits per heavy atom. The molecule has 1 aromatic carbocycles. The molecule has 0 bridgehead atoms. The predicted octanol–water partition coefficient (Wildman–Crippen LogP) is 5.97. The third-order valence-corrected chi connectivity index (χ3v) is 7.53. The van der Waals surface area contributed by atoms with E-state index >= 15 is 0 Å². The second-order valence-electron chi connectivity index (χ2n) is 10.0. The largest absolute Gasteiger partial charge is 0.492 e. The number of hydrogen-bond acceptors (Lipinski definition) is 6. The number of aryl methyl sites for hydroxylation is 2. The first-order valence-electron chi connectivity index (χ1n) is 13.4. The molecule has 0 fully saturated rings. The van der Waals surface area contributed by atoms with Crippen molar-refractivity contribution in [1.29, 1.82) is 5.26 Å². The molecule has 0 N–H and O–H groups in total. The molecule has 210 valence electrons. The number of halogens is 2. The number of fused-ring (bicyclic) bond motifs is 1. The lowest BCUT2D eigenvalue weighted by Crippen LogP contribution is -2.40. The fourth-order valence-electron chi connectivity index (χ4n) is 5.29. The zero-order chi connectivity index (χ0) is 29.3. The van der Waals surface area contributed by atoms with Gasteiger partial charge in [-0.3, -0.25) is 14.8 Å². The summed E-state index contributed by atoms with van der Waals surface area (Å²) < 4.78 is 34.9. The van der Waals surface area contributed by atoms with Crippen molar-refractivity contribution >= 4 is 5.91 Å². The number of hydrogen-bond donors (Lipinski definition) is 0. The molecule has 8 nitrogen and oxygen atoms in total. The Morgan fingerprint density at radius 1 is 1.07 bits per heavy atom. The summed E-state index contributed by atoms with van der Waals surface area (Å²) in [6, 6.07) is 8.74. The highest BCUT2D eigenvalue weighted by atomic mass is 19.3. The van der Waals surface area contributed by atoms with E-state index in [1.54, 1.807) is 24.1 Å². The van der Waals surface area contributed by atoms with Crippen molar-refractivity contribution in [2.24, 2.45) is 0 Å². The van der Waals surface area contributed by atoms with Gasteiger partial charge in [0.25, 0.3) is 12.3 Å². The number of alkyl halides is 2. The summed E-state index contributed by atoms with van der Waals surface area (Å²) in [4.78, 5) is 28.8. The van der Waals surface area contributed by atoms with Crippen molar-refractivity contribution in [2.45, 2.75) is 53.1 Å². The van der Waals surface area contributed by atoms with Crippen LogP contribution in [-0.4, -0.2) is 43.5 Å². The molecule has 1 aliphatic rings. The highest BCUT2D eigenvalue weighted by Crippen LogP contribution is 2.37. The monoisotopic (exact) mass is 556 g/mol. The van der Waals surface area contributed by atoms with Gasteiger partial charge in [-0.05, 0) is 69.0 Å². The summed E-state index contributed by atoms with van der Waals surface area (Å²) >= 11 is 0. The van der Waals surface area contributed by atoms with Crippen LogP contribution in [0.15, 0.2) is 49.1 Å². The quantitative estimate of drug-likeness (QED) is 0.265. The van der Waals surface area contributed by atoms with Crippen molar-refractivity contribution in [1.82, 2.24) is 24.4 Å². The van der Waals surface area contributed by atoms with Crippen LogP contribution in [-0.2, 0) is 13.0 Å². The number of amides is 1. The van der Waals surface area contributed by atoms with Gasteiger partial charge in [0.1, 0.15) is 23.2 Å². The molecular formula is C31H30F2N6O2. The van der Waals surface area contributed by atoms with Gasteiger partial charge in [-0.25, -0.2) is 13.8 Å². The number of rotatable bonds is 8. The molecule has 10 heteroatoms. The maximum Gasteiger partial charge on any atom is 0.265 e. The maximum atomic E-state index is 14.1. The van der Waals surface area contributed by atoms with Crippen LogP contribution in [0.2, 0.25) is 0 Å². The molecule has 0 saturated heterocycles. The van der Waals surface area contributed by atoms with Crippen LogP contribution < -0.4 is 4.74 Å². The van der Waals surface area contributed by atoms with Crippen molar-refractivity contribution in [3.8, 4) is 22.9 Å². The van der Waals surface area contributed by atoms with E-state index < -0.39 is 12.5 Å². The minimum atomic E-state index is -2.66. The number of pyridine rings is 2. The van der Waals surface area contributed by atoms with E-state index in [0.717, 1.165) is 22.5 Å². The van der Waals surface area contributed by atoms with Crippen LogP contribution in [0.4, 0.5) is 8.78 Å². The highest BCUT2D eigenvalue weighted by molar-refractivity contribution is 5.99. The molecule has 1 amide bonds. The summed E-state index contributed by atoms with van der Waals surface area (Å²) in [6.45, 7) is 8.69. The van der Waals surface area contributed by atoms with Gasteiger partial charge < -0.3 is 14.2 Å². The molecule has 4 aromatic rings. The molecule has 1 aliphatic heterocycles. The summed E-state index contributed by atoms with van der Waals surface area (Å²) in [6.07, 6.45) is 4.11. The lowest BCUT2D eigenvalue weighted by molar-refractivity contribution is 0.0669. The van der Waals surface area contributed by atoms with Crippen LogP contribution in [0.1, 0.15) is 76.1 Å². The Morgan fingerprint density at radius 2 is 1.85 bits per heavy atom. The molecular weight excluding hydrogens is 526 g/mol. The van der Waals surface area contributed by atoms with Gasteiger partial charge in [-0.1, -0.05) is 0 Å². The second-order valence-corrected chi connectivity index (χ2v) is 10.0. The van der Waals surface area contributed by atoms with Crippen LogP contribution in [0, 0.1) is 25.2 Å². The predicted molar refractivity (Wildman–Crippen MR) is 149 cm³/mol. The van der Waals surface area contributed by atoms with Gasteiger partial charge in [0.15, 0.2) is 0 Å². The first-order valence-corrected chi connectivity index (χ1v) is 13.4. The highest BCUT2D eigenvalue weighted by Gasteiger charge is 2.32. The van der Waals surface area contributed by atoms with E-state index in [0.29, 0.717) is 59.9 Å². The number of ether oxygens (including phenoxy) is 1. The molecule has 0 aliphatic carbocycles. The molecule has 4 heterocycles. The topological polar surface area (TPSA) is 96.9 Å². The van der Waals surface area contributed by atoms with E-state index in [4.69, 9.17) is 4.74 Å². The second kappa shape index (κ2) is 11.5. The summed E-state index contributed by atoms with van der Waals surface area (Å²) in [7, 11) is 0. The van der Waals surface area contributed by atoms with Crippen LogP contribution in [0.3, 0.4) is 0 Å². The van der Waals surface area contributed by atoms with Gasteiger partial charge in [0, 0.05) is 66.3 Å². The fourth-order valence-corrected chi connectivity index (χ4v) is 5.29. The van der Waals surface area contributed by atoms with E-state index in [1.165, 1.54) is 18.5 Å². The number of nitrogens with zero attached hydrogens (tertiary/aromatic N) is 6. The number of carbonyl (C=O) groups is 1. The SMILES string of the molecule is CCOc1cc(C(C)N2CCc3c(cc(Cn4ccnc4C)cc3-c3cc(C(F)F)cnc3C)C2=O)ncc1C#N. The summed E-state index contributed by atoms with van der Waals surface area (Å²) in [5, 5.41) is 9.41. The van der Waals surface area contributed by atoms with E-state index in [9.17, 15) is 18.8 Å². The van der Waals surface area contributed by atoms with Crippen LogP contribution in [0.25, 0.3) is 11.1 Å². The van der Waals surface area contributed by atoms with E-state index in [2.05, 4.69) is 21.0 Å². The average Bonchev–Trinajstić information content (AvgIpc) is 3.37. The third kappa shape index (κ3) is 5.40. The van der Waals surface area contributed by atoms with Crippen molar-refractivity contribution in [3.63, 3.8) is 0 Å². The fraction of sp³-hybridized carbons (Fsp3) is 0.323. The first-order chi connectivity index (χ1) is 19.7. The van der Waals surface area contributed by atoms with Gasteiger partial charge in [0.05, 0.1) is 18.3 Å². The number of carbonyl (C=O) groups excluding carboxylic acids is 1. The van der Waals surface area contributed by atoms with Gasteiger partial charge in [0.2, 0.25) is 0 Å². The molecule has 41 heavy (non-hydrogen) atoms. The zero-order valence-electron chi connectivity index (χ0n) is 23.4. The lowest BCUT2D eigenvalue weighted by atomic mass is 9.86. The van der Waals surface area contributed by atoms with Crippen molar-refractivity contribution in [3.05, 3.63) is 94.1 Å². The number of nitriles is 1.